The lowest BCUT2D eigenvalue weighted by Crippen LogP contribution is -2.39. The van der Waals surface area contributed by atoms with Gasteiger partial charge in [0.15, 0.2) is 0 Å². The van der Waals surface area contributed by atoms with Crippen molar-refractivity contribution in [3.8, 4) is 0 Å². The second kappa shape index (κ2) is 15.2. The summed E-state index contributed by atoms with van der Waals surface area (Å²) in [4.78, 5) is 23.2. The van der Waals surface area contributed by atoms with Crippen molar-refractivity contribution in [2.24, 2.45) is 5.41 Å². The number of carbonyl (C=O) groups excluding carboxylic acids is 2. The average Bonchev–Trinajstić information content (AvgIpc) is 2.58. The van der Waals surface area contributed by atoms with Crippen LogP contribution in [-0.2, 0) is 23.8 Å². The normalized spacial score (nSPS) is 13.3. The van der Waals surface area contributed by atoms with Crippen molar-refractivity contribution in [2.45, 2.75) is 85.0 Å². The number of esters is 2. The first kappa shape index (κ1) is 23.9. The molecule has 0 aromatic carbocycles. The molecule has 0 N–H and O–H groups in total. The molecule has 0 aromatic heterocycles. The van der Waals surface area contributed by atoms with E-state index in [4.69, 9.17) is 14.2 Å². The molecule has 1 atom stereocenters. The third kappa shape index (κ3) is 12.9. The Morgan fingerprint density at radius 2 is 1.32 bits per heavy atom. The molecule has 0 heterocycles. The van der Waals surface area contributed by atoms with Crippen LogP contribution in [0.15, 0.2) is 0 Å². The van der Waals surface area contributed by atoms with E-state index in [2.05, 4.69) is 6.92 Å². The molecule has 0 aromatic rings. The van der Waals surface area contributed by atoms with Crippen molar-refractivity contribution in [3.63, 3.8) is 0 Å². The molecule has 5 nitrogen and oxygen atoms in total. The maximum Gasteiger partial charge on any atom is 0.317 e. The van der Waals surface area contributed by atoms with Crippen LogP contribution in [0.5, 0.6) is 0 Å². The predicted molar refractivity (Wildman–Crippen MR) is 99.4 cm³/mol. The summed E-state index contributed by atoms with van der Waals surface area (Å²) in [7, 11) is 1.52. The zero-order chi connectivity index (χ0) is 19.0. The molecule has 0 saturated heterocycles. The van der Waals surface area contributed by atoms with Crippen molar-refractivity contribution in [3.05, 3.63) is 0 Å². The monoisotopic (exact) mass is 358 g/mol. The van der Waals surface area contributed by atoms with Gasteiger partial charge >= 0.3 is 11.9 Å². The molecule has 0 bridgehead atoms. The molecule has 1 unspecified atom stereocenters. The van der Waals surface area contributed by atoms with E-state index in [1.54, 1.807) is 6.92 Å². The fraction of sp³-hybridized carbons (Fsp3) is 0.900. The van der Waals surface area contributed by atoms with Crippen LogP contribution in [0.2, 0.25) is 0 Å². The molecular weight excluding hydrogens is 320 g/mol. The number of carbonyl (C=O) groups is 2. The highest BCUT2D eigenvalue weighted by Crippen LogP contribution is 2.20. The lowest BCUT2D eigenvalue weighted by atomic mass is 9.93. The number of ether oxygens (including phenoxy) is 3. The maximum absolute atomic E-state index is 12.2. The van der Waals surface area contributed by atoms with Gasteiger partial charge in [0.1, 0.15) is 12.0 Å². The van der Waals surface area contributed by atoms with E-state index >= 15 is 0 Å². The van der Waals surface area contributed by atoms with E-state index in [9.17, 15) is 9.59 Å². The largest absolute Gasteiger partial charge is 0.465 e. The molecule has 0 radical (unpaired) electrons. The average molecular weight is 359 g/mol. The van der Waals surface area contributed by atoms with Crippen molar-refractivity contribution >= 4 is 11.9 Å². The zero-order valence-corrected chi connectivity index (χ0v) is 16.7. The molecule has 0 spiro atoms. The first-order chi connectivity index (χ1) is 12.0. The Balaban J connectivity index is 3.76. The van der Waals surface area contributed by atoms with Crippen LogP contribution in [0.25, 0.3) is 0 Å². The summed E-state index contributed by atoms with van der Waals surface area (Å²) in [5.41, 5.74) is -0.946. The van der Waals surface area contributed by atoms with E-state index in [-0.39, 0.29) is 19.2 Å². The minimum absolute atomic E-state index is 0.0208. The molecule has 0 rings (SSSR count). The summed E-state index contributed by atoms with van der Waals surface area (Å²) in [5, 5.41) is 0. The molecule has 0 amide bonds. The van der Waals surface area contributed by atoms with E-state index in [1.165, 1.54) is 65.4 Å². The van der Waals surface area contributed by atoms with Gasteiger partial charge in [-0.05, 0) is 13.3 Å². The van der Waals surface area contributed by atoms with Gasteiger partial charge in [-0.15, -0.1) is 0 Å². The summed E-state index contributed by atoms with van der Waals surface area (Å²) < 4.78 is 15.4. The molecule has 0 aliphatic carbocycles. The van der Waals surface area contributed by atoms with Gasteiger partial charge in [-0.2, -0.15) is 0 Å². The quantitative estimate of drug-likeness (QED) is 0.296. The highest BCUT2D eigenvalue weighted by Gasteiger charge is 2.36. The fourth-order valence-corrected chi connectivity index (χ4v) is 2.67. The summed E-state index contributed by atoms with van der Waals surface area (Å²) in [6, 6.07) is 0. The van der Waals surface area contributed by atoms with Gasteiger partial charge in [0.25, 0.3) is 0 Å². The highest BCUT2D eigenvalue weighted by molar-refractivity contribution is 5.77. The van der Waals surface area contributed by atoms with Crippen LogP contribution >= 0.6 is 0 Å². The van der Waals surface area contributed by atoms with Crippen molar-refractivity contribution in [1.82, 2.24) is 0 Å². The summed E-state index contributed by atoms with van der Waals surface area (Å²) in [6.07, 6.45) is 12.4. The van der Waals surface area contributed by atoms with Crippen LogP contribution in [0.4, 0.5) is 0 Å². The highest BCUT2D eigenvalue weighted by atomic mass is 16.6. The number of unbranched alkanes of at least 4 members (excludes halogenated alkanes) is 9. The van der Waals surface area contributed by atoms with Crippen LogP contribution in [0.3, 0.4) is 0 Å². The van der Waals surface area contributed by atoms with Gasteiger partial charge < -0.3 is 14.2 Å². The van der Waals surface area contributed by atoms with Crippen LogP contribution in [0, 0.1) is 5.41 Å². The molecule has 0 aliphatic heterocycles. The third-order valence-corrected chi connectivity index (χ3v) is 4.28. The first-order valence-corrected chi connectivity index (χ1v) is 9.75. The summed E-state index contributed by atoms with van der Waals surface area (Å²) in [6.45, 7) is 5.81. The number of hydrogen-bond donors (Lipinski definition) is 0. The maximum atomic E-state index is 12.2. The zero-order valence-electron chi connectivity index (χ0n) is 16.7. The second-order valence-electron chi connectivity index (χ2n) is 7.09. The SMILES string of the molecule is CCCCCCCCCCCCOC(=O)C(C)(COC)COC(C)=O. The van der Waals surface area contributed by atoms with Gasteiger partial charge in [-0.3, -0.25) is 9.59 Å². The van der Waals surface area contributed by atoms with Crippen LogP contribution in [0.1, 0.15) is 85.0 Å². The predicted octanol–water partition coefficient (Wildman–Crippen LogP) is 4.67. The Morgan fingerprint density at radius 3 is 1.80 bits per heavy atom. The molecule has 0 fully saturated rings. The Bertz CT molecular complexity index is 356. The lowest BCUT2D eigenvalue weighted by molar-refractivity contribution is -0.166. The Morgan fingerprint density at radius 1 is 0.800 bits per heavy atom. The fourth-order valence-electron chi connectivity index (χ4n) is 2.67. The van der Waals surface area contributed by atoms with E-state index in [1.807, 2.05) is 0 Å². The minimum Gasteiger partial charge on any atom is -0.465 e. The summed E-state index contributed by atoms with van der Waals surface area (Å²) >= 11 is 0. The van der Waals surface area contributed by atoms with Gasteiger partial charge in [-0.1, -0.05) is 64.7 Å². The third-order valence-electron chi connectivity index (χ3n) is 4.28. The van der Waals surface area contributed by atoms with Crippen molar-refractivity contribution in [2.75, 3.05) is 26.9 Å². The molecule has 5 heteroatoms. The van der Waals surface area contributed by atoms with Gasteiger partial charge in [0, 0.05) is 14.0 Å². The van der Waals surface area contributed by atoms with Crippen molar-refractivity contribution < 1.29 is 23.8 Å². The van der Waals surface area contributed by atoms with Crippen LogP contribution in [-0.4, -0.2) is 38.9 Å². The standard InChI is InChI=1S/C20H38O5/c1-5-6-7-8-9-10-11-12-13-14-15-24-19(22)20(3,16-23-4)17-25-18(2)21/h5-17H2,1-4H3. The Kier molecular flexibility index (Phi) is 14.5. The molecular formula is C20H38O5. The lowest BCUT2D eigenvalue weighted by Gasteiger charge is -2.25. The van der Waals surface area contributed by atoms with Crippen LogP contribution < -0.4 is 0 Å². The first-order valence-electron chi connectivity index (χ1n) is 9.75. The second-order valence-corrected chi connectivity index (χ2v) is 7.09. The van der Waals surface area contributed by atoms with E-state index < -0.39 is 11.4 Å². The van der Waals surface area contributed by atoms with Gasteiger partial charge in [0.05, 0.1) is 13.2 Å². The van der Waals surface area contributed by atoms with E-state index in [0.717, 1.165) is 12.8 Å². The van der Waals surface area contributed by atoms with Gasteiger partial charge in [-0.25, -0.2) is 0 Å². The molecule has 0 saturated carbocycles. The topological polar surface area (TPSA) is 61.8 Å². The molecule has 25 heavy (non-hydrogen) atoms. The smallest absolute Gasteiger partial charge is 0.317 e. The van der Waals surface area contributed by atoms with Gasteiger partial charge in [0.2, 0.25) is 0 Å². The number of rotatable bonds is 16. The Hall–Kier alpha value is -1.10. The summed E-state index contributed by atoms with van der Waals surface area (Å²) in [5.74, 6) is -0.781. The molecule has 0 aliphatic rings. The molecule has 148 valence electrons. The Labute approximate surface area is 153 Å². The number of hydrogen-bond acceptors (Lipinski definition) is 5. The number of methoxy groups -OCH3 is 1. The van der Waals surface area contributed by atoms with Crippen molar-refractivity contribution in [1.29, 1.82) is 0 Å². The van der Waals surface area contributed by atoms with E-state index in [0.29, 0.717) is 6.61 Å². The minimum atomic E-state index is -0.946.